The Bertz CT molecular complexity index is 419. The maximum Gasteiger partial charge on any atom is 0.307 e. The molecular formula is C15H24N2O3. The smallest absolute Gasteiger partial charge is 0.307 e. The average molecular weight is 280 g/mol. The van der Waals surface area contributed by atoms with Gasteiger partial charge < -0.3 is 15.3 Å². The van der Waals surface area contributed by atoms with Crippen LogP contribution in [0.4, 0.5) is 0 Å². The summed E-state index contributed by atoms with van der Waals surface area (Å²) < 4.78 is 0. The largest absolute Gasteiger partial charge is 0.481 e. The summed E-state index contributed by atoms with van der Waals surface area (Å²) in [7, 11) is 3.99. The molecule has 0 radical (unpaired) electrons. The first kappa shape index (κ1) is 15.0. The lowest BCUT2D eigenvalue weighted by atomic mass is 9.82. The van der Waals surface area contributed by atoms with Crippen molar-refractivity contribution in [1.82, 2.24) is 10.2 Å². The van der Waals surface area contributed by atoms with Gasteiger partial charge in [0.05, 0.1) is 11.8 Å². The Hall–Kier alpha value is -1.36. The van der Waals surface area contributed by atoms with Crippen LogP contribution in [-0.4, -0.2) is 48.6 Å². The van der Waals surface area contributed by atoms with Crippen LogP contribution in [0.5, 0.6) is 0 Å². The topological polar surface area (TPSA) is 69.6 Å². The number of aliphatic carboxylic acids is 1. The van der Waals surface area contributed by atoms with Gasteiger partial charge in [-0.3, -0.25) is 9.59 Å². The first-order chi connectivity index (χ1) is 9.40. The van der Waals surface area contributed by atoms with Crippen LogP contribution in [0.2, 0.25) is 0 Å². The highest BCUT2D eigenvalue weighted by atomic mass is 16.4. The molecule has 5 atom stereocenters. The van der Waals surface area contributed by atoms with E-state index in [-0.39, 0.29) is 23.8 Å². The number of amides is 1. The minimum Gasteiger partial charge on any atom is -0.481 e. The number of carboxylic acids is 1. The Morgan fingerprint density at radius 3 is 2.45 bits per heavy atom. The van der Waals surface area contributed by atoms with E-state index in [2.05, 4.69) is 10.2 Å². The third-order valence-electron chi connectivity index (χ3n) is 4.45. The maximum atomic E-state index is 12.4. The SMILES string of the molecule is CC(CCN(C)C)NC(=O)[C@H]1C2C=CC(C2)[C@H]1C(=O)O. The second-order valence-corrected chi connectivity index (χ2v) is 6.34. The van der Waals surface area contributed by atoms with Crippen LogP contribution >= 0.6 is 0 Å². The summed E-state index contributed by atoms with van der Waals surface area (Å²) in [5.41, 5.74) is 0. The van der Waals surface area contributed by atoms with Gasteiger partial charge in [0, 0.05) is 6.04 Å². The van der Waals surface area contributed by atoms with Crippen molar-refractivity contribution in [3.05, 3.63) is 12.2 Å². The summed E-state index contributed by atoms with van der Waals surface area (Å²) in [6.07, 6.45) is 5.65. The molecule has 2 aliphatic rings. The minimum atomic E-state index is -0.844. The van der Waals surface area contributed by atoms with Gasteiger partial charge in [0.1, 0.15) is 0 Å². The Balaban J connectivity index is 1.95. The molecule has 2 bridgehead atoms. The lowest BCUT2D eigenvalue weighted by Gasteiger charge is -2.26. The van der Waals surface area contributed by atoms with Crippen LogP contribution in [0.15, 0.2) is 12.2 Å². The fourth-order valence-corrected chi connectivity index (χ4v) is 3.38. The molecule has 112 valence electrons. The van der Waals surface area contributed by atoms with Crippen LogP contribution in [0.25, 0.3) is 0 Å². The first-order valence-corrected chi connectivity index (χ1v) is 7.26. The van der Waals surface area contributed by atoms with Crippen molar-refractivity contribution >= 4 is 11.9 Å². The monoisotopic (exact) mass is 280 g/mol. The van der Waals surface area contributed by atoms with E-state index in [1.807, 2.05) is 33.2 Å². The molecule has 3 unspecified atom stereocenters. The Morgan fingerprint density at radius 1 is 1.30 bits per heavy atom. The fourth-order valence-electron chi connectivity index (χ4n) is 3.38. The number of nitrogens with zero attached hydrogens (tertiary/aromatic N) is 1. The zero-order valence-corrected chi connectivity index (χ0v) is 12.4. The van der Waals surface area contributed by atoms with Crippen molar-refractivity contribution < 1.29 is 14.7 Å². The molecule has 0 saturated heterocycles. The summed E-state index contributed by atoms with van der Waals surface area (Å²) >= 11 is 0. The number of hydrogen-bond acceptors (Lipinski definition) is 3. The van der Waals surface area contributed by atoms with Gasteiger partial charge in [-0.05, 0) is 52.2 Å². The van der Waals surface area contributed by atoms with E-state index in [0.717, 1.165) is 19.4 Å². The molecule has 1 saturated carbocycles. The minimum absolute atomic E-state index is 0.0327. The van der Waals surface area contributed by atoms with Crippen molar-refractivity contribution in [1.29, 1.82) is 0 Å². The summed E-state index contributed by atoms with van der Waals surface area (Å²) in [4.78, 5) is 25.8. The van der Waals surface area contributed by atoms with E-state index in [1.54, 1.807) is 0 Å². The third-order valence-corrected chi connectivity index (χ3v) is 4.45. The predicted molar refractivity (Wildman–Crippen MR) is 76.1 cm³/mol. The number of carboxylic acid groups (broad SMARTS) is 1. The molecule has 5 heteroatoms. The van der Waals surface area contributed by atoms with Crippen molar-refractivity contribution in [3.8, 4) is 0 Å². The third kappa shape index (κ3) is 3.03. The highest BCUT2D eigenvalue weighted by Gasteiger charge is 2.51. The molecule has 0 heterocycles. The van der Waals surface area contributed by atoms with Gasteiger partial charge in [-0.25, -0.2) is 0 Å². The predicted octanol–water partition coefficient (Wildman–Crippen LogP) is 0.966. The molecule has 20 heavy (non-hydrogen) atoms. The molecular weight excluding hydrogens is 256 g/mol. The molecule has 2 aliphatic carbocycles. The first-order valence-electron chi connectivity index (χ1n) is 7.26. The van der Waals surface area contributed by atoms with Gasteiger partial charge in [-0.1, -0.05) is 12.2 Å². The van der Waals surface area contributed by atoms with Crippen molar-refractivity contribution in [2.24, 2.45) is 23.7 Å². The van der Waals surface area contributed by atoms with E-state index in [9.17, 15) is 14.7 Å². The number of fused-ring (bicyclic) bond motifs is 2. The maximum absolute atomic E-state index is 12.4. The molecule has 2 N–H and O–H groups in total. The second-order valence-electron chi connectivity index (χ2n) is 6.34. The molecule has 0 aromatic rings. The Labute approximate surface area is 120 Å². The summed E-state index contributed by atoms with van der Waals surface area (Å²) in [5, 5.41) is 12.3. The zero-order chi connectivity index (χ0) is 14.9. The van der Waals surface area contributed by atoms with Crippen molar-refractivity contribution in [2.45, 2.75) is 25.8 Å². The number of rotatable bonds is 6. The summed E-state index contributed by atoms with van der Waals surface area (Å²) in [6, 6.07) is 0.0717. The van der Waals surface area contributed by atoms with Gasteiger partial charge >= 0.3 is 5.97 Å². The zero-order valence-electron chi connectivity index (χ0n) is 12.4. The van der Waals surface area contributed by atoms with Gasteiger partial charge in [-0.15, -0.1) is 0 Å². The Kier molecular flexibility index (Phi) is 4.48. The molecule has 0 spiro atoms. The number of nitrogens with one attached hydrogen (secondary N) is 1. The Morgan fingerprint density at radius 2 is 1.90 bits per heavy atom. The van der Waals surface area contributed by atoms with Crippen LogP contribution in [0.1, 0.15) is 19.8 Å². The lowest BCUT2D eigenvalue weighted by molar-refractivity contribution is -0.148. The van der Waals surface area contributed by atoms with E-state index < -0.39 is 17.8 Å². The highest BCUT2D eigenvalue weighted by molar-refractivity contribution is 5.87. The molecule has 1 amide bonds. The van der Waals surface area contributed by atoms with Gasteiger partial charge in [-0.2, -0.15) is 0 Å². The van der Waals surface area contributed by atoms with Crippen LogP contribution in [-0.2, 0) is 9.59 Å². The molecule has 0 aliphatic heterocycles. The number of carbonyl (C=O) groups excluding carboxylic acids is 1. The van der Waals surface area contributed by atoms with Gasteiger partial charge in [0.2, 0.25) is 5.91 Å². The van der Waals surface area contributed by atoms with Crippen LogP contribution in [0, 0.1) is 23.7 Å². The molecule has 0 aromatic heterocycles. The molecule has 0 aromatic carbocycles. The quantitative estimate of drug-likeness (QED) is 0.711. The average Bonchev–Trinajstić information content (AvgIpc) is 2.95. The fraction of sp³-hybridized carbons (Fsp3) is 0.733. The van der Waals surface area contributed by atoms with E-state index in [0.29, 0.717) is 0 Å². The summed E-state index contributed by atoms with van der Waals surface area (Å²) in [5.74, 6) is -1.76. The second kappa shape index (κ2) is 5.95. The molecule has 1 fully saturated rings. The van der Waals surface area contributed by atoms with Crippen LogP contribution in [0.3, 0.4) is 0 Å². The van der Waals surface area contributed by atoms with E-state index in [1.165, 1.54) is 0 Å². The lowest BCUT2D eigenvalue weighted by Crippen LogP contribution is -2.44. The summed E-state index contributed by atoms with van der Waals surface area (Å²) in [6.45, 7) is 2.88. The van der Waals surface area contributed by atoms with E-state index >= 15 is 0 Å². The highest BCUT2D eigenvalue weighted by Crippen LogP contribution is 2.48. The van der Waals surface area contributed by atoms with Gasteiger partial charge in [0.15, 0.2) is 0 Å². The number of carbonyl (C=O) groups is 2. The number of hydrogen-bond donors (Lipinski definition) is 2. The standard InChI is InChI=1S/C15H24N2O3/c1-9(6-7-17(2)3)16-14(18)12-10-4-5-11(8-10)13(12)15(19)20/h4-5,9-13H,6-8H2,1-3H3,(H,16,18)(H,19,20)/t9?,10?,11?,12-,13+/m0/s1. The molecule has 2 rings (SSSR count). The van der Waals surface area contributed by atoms with Gasteiger partial charge in [0.25, 0.3) is 0 Å². The van der Waals surface area contributed by atoms with Crippen molar-refractivity contribution in [2.75, 3.05) is 20.6 Å². The molecule has 5 nitrogen and oxygen atoms in total. The normalized spacial score (nSPS) is 32.6. The number of allylic oxidation sites excluding steroid dienone is 2. The van der Waals surface area contributed by atoms with Crippen LogP contribution < -0.4 is 5.32 Å². The van der Waals surface area contributed by atoms with Crippen molar-refractivity contribution in [3.63, 3.8) is 0 Å². The van der Waals surface area contributed by atoms with E-state index in [4.69, 9.17) is 0 Å².